The summed E-state index contributed by atoms with van der Waals surface area (Å²) in [6, 6.07) is 19.3. The summed E-state index contributed by atoms with van der Waals surface area (Å²) in [7, 11) is 5.87. The van der Waals surface area contributed by atoms with E-state index >= 15 is 0 Å². The summed E-state index contributed by atoms with van der Waals surface area (Å²) in [5.74, 6) is 7.09. The Morgan fingerprint density at radius 2 is 1.81 bits per heavy atom. The molecular formula is C26H27N3O3. The largest absolute Gasteiger partial charge is 0.497 e. The number of furan rings is 1. The third kappa shape index (κ3) is 5.13. The van der Waals surface area contributed by atoms with Crippen LogP contribution in [0.2, 0.25) is 0 Å². The van der Waals surface area contributed by atoms with Crippen LogP contribution in [0.25, 0.3) is 0 Å². The van der Waals surface area contributed by atoms with Gasteiger partial charge in [-0.1, -0.05) is 5.92 Å². The van der Waals surface area contributed by atoms with Gasteiger partial charge < -0.3 is 24.3 Å². The lowest BCUT2D eigenvalue weighted by atomic mass is 10.2. The summed E-state index contributed by atoms with van der Waals surface area (Å²) in [5.41, 5.74) is 2.73. The lowest BCUT2D eigenvalue weighted by molar-refractivity contribution is 0.0996. The summed E-state index contributed by atoms with van der Waals surface area (Å²) >= 11 is 0. The Hall–Kier alpha value is -3.69. The minimum atomic E-state index is -0.302. The predicted octanol–water partition coefficient (Wildman–Crippen LogP) is 4.08. The van der Waals surface area contributed by atoms with Gasteiger partial charge in [0.1, 0.15) is 5.75 Å². The number of carbonyl (C=O) groups is 1. The zero-order valence-corrected chi connectivity index (χ0v) is 18.6. The molecule has 1 amide bonds. The van der Waals surface area contributed by atoms with Crippen LogP contribution in [0.3, 0.4) is 0 Å². The number of rotatable bonds is 5. The molecule has 32 heavy (non-hydrogen) atoms. The Bertz CT molecular complexity index is 1120. The minimum Gasteiger partial charge on any atom is -0.497 e. The van der Waals surface area contributed by atoms with Crippen molar-refractivity contribution >= 4 is 17.3 Å². The highest BCUT2D eigenvalue weighted by Crippen LogP contribution is 2.24. The molecule has 1 unspecified atom stereocenters. The van der Waals surface area contributed by atoms with Crippen molar-refractivity contribution in [3.8, 4) is 17.6 Å². The molecule has 4 rings (SSSR count). The van der Waals surface area contributed by atoms with E-state index in [2.05, 4.69) is 41.1 Å². The third-order valence-corrected chi connectivity index (χ3v) is 5.63. The van der Waals surface area contributed by atoms with Gasteiger partial charge in [0.15, 0.2) is 11.5 Å². The fourth-order valence-corrected chi connectivity index (χ4v) is 3.68. The number of methoxy groups -OCH3 is 1. The first kappa shape index (κ1) is 21.5. The molecule has 6 nitrogen and oxygen atoms in total. The molecule has 6 heteroatoms. The first-order valence-electron chi connectivity index (χ1n) is 10.6. The second kappa shape index (κ2) is 9.63. The number of nitrogens with one attached hydrogen (secondary N) is 1. The normalized spacial score (nSPS) is 15.4. The number of hydrogen-bond donors (Lipinski definition) is 1. The maximum atomic E-state index is 12.5. The molecule has 3 aromatic rings. The lowest BCUT2D eigenvalue weighted by Crippen LogP contribution is -2.31. The number of anilines is 2. The van der Waals surface area contributed by atoms with Crippen molar-refractivity contribution in [3.63, 3.8) is 0 Å². The van der Waals surface area contributed by atoms with Crippen LogP contribution in [0.4, 0.5) is 11.4 Å². The van der Waals surface area contributed by atoms with E-state index in [4.69, 9.17) is 9.15 Å². The van der Waals surface area contributed by atoms with E-state index in [-0.39, 0.29) is 11.7 Å². The van der Waals surface area contributed by atoms with Gasteiger partial charge in [-0.15, -0.1) is 0 Å². The molecule has 0 aliphatic carbocycles. The average molecular weight is 430 g/mol. The Balaban J connectivity index is 1.35. The highest BCUT2D eigenvalue weighted by Gasteiger charge is 2.24. The smallest absolute Gasteiger partial charge is 0.291 e. The fourth-order valence-electron chi connectivity index (χ4n) is 3.68. The van der Waals surface area contributed by atoms with Gasteiger partial charge in [0.2, 0.25) is 0 Å². The number of hydrogen-bond acceptors (Lipinski definition) is 5. The van der Waals surface area contributed by atoms with E-state index in [0.29, 0.717) is 11.8 Å². The molecule has 1 aliphatic heterocycles. The van der Waals surface area contributed by atoms with Crippen molar-refractivity contribution in [1.29, 1.82) is 0 Å². The maximum Gasteiger partial charge on any atom is 0.291 e. The Labute approximate surface area is 188 Å². The van der Waals surface area contributed by atoms with Crippen molar-refractivity contribution in [2.45, 2.75) is 12.5 Å². The summed E-state index contributed by atoms with van der Waals surface area (Å²) in [6.45, 7) is 2.06. The average Bonchev–Trinajstić information content (AvgIpc) is 3.49. The van der Waals surface area contributed by atoms with Crippen LogP contribution in [0.5, 0.6) is 5.75 Å². The van der Waals surface area contributed by atoms with Crippen molar-refractivity contribution in [2.75, 3.05) is 44.5 Å². The van der Waals surface area contributed by atoms with Crippen LogP contribution in [0.15, 0.2) is 65.1 Å². The molecule has 0 bridgehead atoms. The van der Waals surface area contributed by atoms with E-state index in [1.54, 1.807) is 19.2 Å². The number of nitrogens with zero attached hydrogens (tertiary/aromatic N) is 2. The predicted molar refractivity (Wildman–Crippen MR) is 126 cm³/mol. The molecule has 2 aromatic carbocycles. The van der Waals surface area contributed by atoms with Gasteiger partial charge >= 0.3 is 0 Å². The van der Waals surface area contributed by atoms with Crippen LogP contribution < -0.4 is 15.0 Å². The summed E-state index contributed by atoms with van der Waals surface area (Å²) in [5, 5.41) is 2.88. The van der Waals surface area contributed by atoms with E-state index < -0.39 is 0 Å². The molecule has 0 radical (unpaired) electrons. The van der Waals surface area contributed by atoms with Crippen molar-refractivity contribution < 1.29 is 13.9 Å². The van der Waals surface area contributed by atoms with Crippen LogP contribution in [-0.2, 0) is 0 Å². The SMILES string of the molecule is COc1ccc(C#Cc2ccc(C(=O)Nc3ccc(N4CCC(N(C)C)C4)cc3)o2)cc1. The molecule has 0 spiro atoms. The molecule has 1 N–H and O–H groups in total. The number of carbonyl (C=O) groups excluding carboxylic acids is 1. The number of likely N-dealkylation sites (N-methyl/N-ethyl adjacent to an activating group) is 1. The van der Waals surface area contributed by atoms with Gasteiger partial charge in [-0.3, -0.25) is 4.79 Å². The zero-order valence-electron chi connectivity index (χ0n) is 18.6. The Morgan fingerprint density at radius 3 is 2.47 bits per heavy atom. The van der Waals surface area contributed by atoms with Gasteiger partial charge in [-0.05, 0) is 87.1 Å². The van der Waals surface area contributed by atoms with E-state index in [0.717, 1.165) is 36.5 Å². The van der Waals surface area contributed by atoms with Crippen LogP contribution in [0.1, 0.15) is 28.3 Å². The Morgan fingerprint density at radius 1 is 1.06 bits per heavy atom. The molecule has 1 saturated heterocycles. The fraction of sp³-hybridized carbons (Fsp3) is 0.269. The summed E-state index contributed by atoms with van der Waals surface area (Å²) in [6.07, 6.45) is 1.16. The highest BCUT2D eigenvalue weighted by atomic mass is 16.5. The van der Waals surface area contributed by atoms with E-state index in [1.165, 1.54) is 5.69 Å². The summed E-state index contributed by atoms with van der Waals surface area (Å²) in [4.78, 5) is 17.2. The Kier molecular flexibility index (Phi) is 6.48. The molecule has 1 fully saturated rings. The first-order chi connectivity index (χ1) is 15.5. The van der Waals surface area contributed by atoms with Gasteiger partial charge in [0.05, 0.1) is 7.11 Å². The third-order valence-electron chi connectivity index (χ3n) is 5.63. The number of ether oxygens (including phenoxy) is 1. The van der Waals surface area contributed by atoms with Crippen molar-refractivity contribution in [2.24, 2.45) is 0 Å². The van der Waals surface area contributed by atoms with E-state index in [9.17, 15) is 4.79 Å². The molecule has 1 atom stereocenters. The number of amides is 1. The lowest BCUT2D eigenvalue weighted by Gasteiger charge is -2.22. The molecule has 1 aliphatic rings. The summed E-state index contributed by atoms with van der Waals surface area (Å²) < 4.78 is 10.7. The first-order valence-corrected chi connectivity index (χ1v) is 10.6. The monoisotopic (exact) mass is 429 g/mol. The number of benzene rings is 2. The van der Waals surface area contributed by atoms with Crippen LogP contribution in [0, 0.1) is 11.8 Å². The quantitative estimate of drug-likeness (QED) is 0.620. The van der Waals surface area contributed by atoms with E-state index in [1.807, 2.05) is 48.5 Å². The highest BCUT2D eigenvalue weighted by molar-refractivity contribution is 6.02. The van der Waals surface area contributed by atoms with Crippen molar-refractivity contribution in [3.05, 3.63) is 77.7 Å². The molecular weight excluding hydrogens is 402 g/mol. The van der Waals surface area contributed by atoms with Crippen molar-refractivity contribution in [1.82, 2.24) is 4.90 Å². The standard InChI is InChI=1S/C26H27N3O3/c1-28(2)22-16-17-29(18-22)21-9-7-20(8-10-21)27-26(30)25-15-14-24(32-25)13-6-19-4-11-23(31-3)12-5-19/h4-5,7-12,14-15,22H,16-18H2,1-3H3,(H,27,30). The van der Waals surface area contributed by atoms with Crippen LogP contribution in [-0.4, -0.2) is 51.1 Å². The molecule has 164 valence electrons. The van der Waals surface area contributed by atoms with Gasteiger partial charge in [0.25, 0.3) is 5.91 Å². The van der Waals surface area contributed by atoms with Gasteiger partial charge in [-0.2, -0.15) is 0 Å². The molecule has 0 saturated carbocycles. The minimum absolute atomic E-state index is 0.224. The maximum absolute atomic E-state index is 12.5. The topological polar surface area (TPSA) is 58.0 Å². The second-order valence-corrected chi connectivity index (χ2v) is 8.00. The van der Waals surface area contributed by atoms with Gasteiger partial charge in [0, 0.05) is 36.1 Å². The molecule has 2 heterocycles. The van der Waals surface area contributed by atoms with Crippen LogP contribution >= 0.6 is 0 Å². The molecule has 1 aromatic heterocycles. The second-order valence-electron chi connectivity index (χ2n) is 8.00. The van der Waals surface area contributed by atoms with Gasteiger partial charge in [-0.25, -0.2) is 0 Å². The zero-order chi connectivity index (χ0) is 22.5.